The van der Waals surface area contributed by atoms with Crippen LogP contribution in [-0.4, -0.2) is 9.97 Å². The van der Waals surface area contributed by atoms with Gasteiger partial charge < -0.3 is 4.42 Å². The molecular formula is C46H34N2O. The van der Waals surface area contributed by atoms with E-state index >= 15 is 0 Å². The van der Waals surface area contributed by atoms with E-state index in [1.165, 1.54) is 71.0 Å². The number of fused-ring (bicyclic) bond motifs is 8. The Morgan fingerprint density at radius 2 is 1.10 bits per heavy atom. The largest absolute Gasteiger partial charge is 0.452 e. The number of benzene rings is 6. The fourth-order valence-corrected chi connectivity index (χ4v) is 8.64. The number of hydrogen-bond acceptors (Lipinski definition) is 3. The smallest absolute Gasteiger partial charge is 0.180 e. The Balaban J connectivity index is 1.02. The van der Waals surface area contributed by atoms with Crippen LogP contribution in [0.4, 0.5) is 0 Å². The van der Waals surface area contributed by atoms with Crippen molar-refractivity contribution in [3.05, 3.63) is 157 Å². The molecule has 1 spiro atoms. The second-order valence-electron chi connectivity index (χ2n) is 13.6. The molecule has 2 heterocycles. The summed E-state index contributed by atoms with van der Waals surface area (Å²) in [5, 5.41) is 0.998. The molecule has 2 aliphatic carbocycles. The second kappa shape index (κ2) is 11.1. The third-order valence-corrected chi connectivity index (χ3v) is 10.9. The van der Waals surface area contributed by atoms with E-state index in [1.807, 2.05) is 36.4 Å². The van der Waals surface area contributed by atoms with Crippen molar-refractivity contribution in [3.8, 4) is 56.0 Å². The minimum atomic E-state index is 0.127. The minimum Gasteiger partial charge on any atom is -0.452 e. The highest BCUT2D eigenvalue weighted by Crippen LogP contribution is 2.58. The van der Waals surface area contributed by atoms with Gasteiger partial charge in [-0.2, -0.15) is 0 Å². The van der Waals surface area contributed by atoms with Crippen LogP contribution >= 0.6 is 0 Å². The zero-order chi connectivity index (χ0) is 32.4. The zero-order valence-corrected chi connectivity index (χ0v) is 27.2. The Hall–Kier alpha value is -5.80. The maximum atomic E-state index is 6.37. The third kappa shape index (κ3) is 4.42. The summed E-state index contributed by atoms with van der Waals surface area (Å²) in [7, 11) is 0. The molecule has 234 valence electrons. The van der Waals surface area contributed by atoms with Crippen molar-refractivity contribution in [2.75, 3.05) is 0 Å². The first kappa shape index (κ1) is 28.2. The lowest BCUT2D eigenvalue weighted by Crippen LogP contribution is -2.28. The van der Waals surface area contributed by atoms with Gasteiger partial charge in [0.05, 0.1) is 0 Å². The molecule has 1 saturated carbocycles. The van der Waals surface area contributed by atoms with Gasteiger partial charge in [0.2, 0.25) is 0 Å². The first-order valence-corrected chi connectivity index (χ1v) is 17.5. The Morgan fingerprint density at radius 3 is 1.90 bits per heavy atom. The summed E-state index contributed by atoms with van der Waals surface area (Å²) < 4.78 is 6.37. The van der Waals surface area contributed by atoms with E-state index in [0.717, 1.165) is 33.3 Å². The summed E-state index contributed by atoms with van der Waals surface area (Å²) >= 11 is 0. The van der Waals surface area contributed by atoms with Crippen LogP contribution in [0, 0.1) is 0 Å². The summed E-state index contributed by atoms with van der Waals surface area (Å²) in [4.78, 5) is 10.0. The fourth-order valence-electron chi connectivity index (χ4n) is 8.64. The van der Waals surface area contributed by atoms with Gasteiger partial charge in [0.15, 0.2) is 11.4 Å². The van der Waals surface area contributed by atoms with Gasteiger partial charge in [-0.25, -0.2) is 9.97 Å². The van der Waals surface area contributed by atoms with E-state index in [2.05, 4.69) is 109 Å². The monoisotopic (exact) mass is 630 g/mol. The topological polar surface area (TPSA) is 38.9 Å². The predicted octanol–water partition coefficient (Wildman–Crippen LogP) is 12.3. The molecule has 49 heavy (non-hydrogen) atoms. The molecule has 10 rings (SSSR count). The van der Waals surface area contributed by atoms with Crippen LogP contribution in [0.2, 0.25) is 0 Å². The summed E-state index contributed by atoms with van der Waals surface area (Å²) in [6.07, 6.45) is 6.39. The van der Waals surface area contributed by atoms with Crippen molar-refractivity contribution in [1.82, 2.24) is 9.97 Å². The molecule has 0 N–H and O–H groups in total. The van der Waals surface area contributed by atoms with Crippen LogP contribution in [0.25, 0.3) is 78.1 Å². The first-order chi connectivity index (χ1) is 24.3. The van der Waals surface area contributed by atoms with Crippen molar-refractivity contribution >= 4 is 22.1 Å². The molecule has 1 fully saturated rings. The number of furan rings is 1. The van der Waals surface area contributed by atoms with E-state index < -0.39 is 0 Å². The van der Waals surface area contributed by atoms with Crippen LogP contribution < -0.4 is 0 Å². The first-order valence-electron chi connectivity index (χ1n) is 17.5. The second-order valence-corrected chi connectivity index (χ2v) is 13.6. The molecule has 0 aliphatic heterocycles. The van der Waals surface area contributed by atoms with Gasteiger partial charge in [0.1, 0.15) is 16.8 Å². The molecule has 0 saturated heterocycles. The van der Waals surface area contributed by atoms with Gasteiger partial charge in [0, 0.05) is 21.9 Å². The molecule has 6 aromatic carbocycles. The van der Waals surface area contributed by atoms with Crippen LogP contribution in [0.15, 0.2) is 150 Å². The highest BCUT2D eigenvalue weighted by atomic mass is 16.3. The van der Waals surface area contributed by atoms with Crippen molar-refractivity contribution in [1.29, 1.82) is 0 Å². The minimum absolute atomic E-state index is 0.127. The highest BCUT2D eigenvalue weighted by molar-refractivity contribution is 6.07. The van der Waals surface area contributed by atoms with Gasteiger partial charge in [0.25, 0.3) is 0 Å². The summed E-state index contributed by atoms with van der Waals surface area (Å²) in [6, 6.07) is 52.2. The van der Waals surface area contributed by atoms with Crippen molar-refractivity contribution in [2.45, 2.75) is 37.5 Å². The van der Waals surface area contributed by atoms with Gasteiger partial charge in [-0.05, 0) is 69.5 Å². The molecule has 8 aromatic rings. The predicted molar refractivity (Wildman–Crippen MR) is 200 cm³/mol. The lowest BCUT2D eigenvalue weighted by atomic mass is 9.66. The molecule has 0 atom stereocenters. The van der Waals surface area contributed by atoms with Crippen LogP contribution in [0.3, 0.4) is 0 Å². The molecule has 0 radical (unpaired) electrons. The van der Waals surface area contributed by atoms with Crippen molar-refractivity contribution in [2.24, 2.45) is 0 Å². The van der Waals surface area contributed by atoms with Crippen molar-refractivity contribution in [3.63, 3.8) is 0 Å². The summed E-state index contributed by atoms with van der Waals surface area (Å²) in [5.74, 6) is 0.694. The zero-order valence-electron chi connectivity index (χ0n) is 27.2. The van der Waals surface area contributed by atoms with Gasteiger partial charge >= 0.3 is 0 Å². The Bertz CT molecular complexity index is 2500. The molecule has 0 unspecified atom stereocenters. The lowest BCUT2D eigenvalue weighted by Gasteiger charge is -2.37. The van der Waals surface area contributed by atoms with E-state index in [-0.39, 0.29) is 5.41 Å². The number of aromatic nitrogens is 2. The molecular weight excluding hydrogens is 597 g/mol. The van der Waals surface area contributed by atoms with Crippen molar-refractivity contribution < 1.29 is 4.42 Å². The Labute approximate surface area is 285 Å². The van der Waals surface area contributed by atoms with E-state index in [0.29, 0.717) is 11.4 Å². The lowest BCUT2D eigenvalue weighted by molar-refractivity contribution is 0.353. The van der Waals surface area contributed by atoms with E-state index in [4.69, 9.17) is 14.4 Å². The summed E-state index contributed by atoms with van der Waals surface area (Å²) in [6.45, 7) is 0. The normalized spacial score (nSPS) is 14.7. The molecule has 3 heteroatoms. The SMILES string of the molecule is c1ccc(-c2nc(-c3ccc(-c4ccc(-c5cccc6c5C5(CCCCC5)c5ccccc5-6)cc4)cc3)c3oc4ccccc4c3n2)cc1. The number of rotatable bonds is 4. The number of hydrogen-bond donors (Lipinski definition) is 0. The molecule has 0 amide bonds. The molecule has 0 bridgehead atoms. The Morgan fingerprint density at radius 1 is 0.469 bits per heavy atom. The Kier molecular flexibility index (Phi) is 6.42. The van der Waals surface area contributed by atoms with Crippen LogP contribution in [0.5, 0.6) is 0 Å². The van der Waals surface area contributed by atoms with Crippen LogP contribution in [-0.2, 0) is 5.41 Å². The van der Waals surface area contributed by atoms with Gasteiger partial charge in [-0.15, -0.1) is 0 Å². The molecule has 2 aliphatic rings. The average molecular weight is 631 g/mol. The highest BCUT2D eigenvalue weighted by Gasteiger charge is 2.45. The van der Waals surface area contributed by atoms with E-state index in [9.17, 15) is 0 Å². The van der Waals surface area contributed by atoms with E-state index in [1.54, 1.807) is 5.56 Å². The maximum Gasteiger partial charge on any atom is 0.180 e. The number of nitrogens with zero attached hydrogens (tertiary/aromatic N) is 2. The third-order valence-electron chi connectivity index (χ3n) is 10.9. The van der Waals surface area contributed by atoms with Crippen LogP contribution in [0.1, 0.15) is 43.2 Å². The molecule has 2 aromatic heterocycles. The quantitative estimate of drug-likeness (QED) is 0.194. The summed E-state index contributed by atoms with van der Waals surface area (Å²) in [5.41, 5.74) is 16.2. The molecule has 3 nitrogen and oxygen atoms in total. The average Bonchev–Trinajstić information content (AvgIpc) is 3.69. The maximum absolute atomic E-state index is 6.37. The fraction of sp³-hybridized carbons (Fsp3) is 0.130. The van der Waals surface area contributed by atoms with Gasteiger partial charge in [-0.3, -0.25) is 0 Å². The standard InChI is InChI=1S/C46H34N2O/c1-3-12-34(13-4-1)45-47-42(44-43(48-45)38-15-6-8-19-40(38)49-44)33-26-22-31(23-27-33)30-20-24-32(25-21-30)35-16-11-17-37-36-14-5-7-18-39(36)46(41(35)37)28-9-2-10-29-46/h1,3-8,11-27H,2,9-10,28-29H2. The number of para-hydroxylation sites is 1. The van der Waals surface area contributed by atoms with Gasteiger partial charge in [-0.1, -0.05) is 153 Å².